The van der Waals surface area contributed by atoms with E-state index in [1.807, 2.05) is 0 Å². The summed E-state index contributed by atoms with van der Waals surface area (Å²) in [6, 6.07) is 12.8. The minimum Gasteiger partial charge on any atom is -0.459 e. The molecule has 10 heteroatoms. The Bertz CT molecular complexity index is 1060. The van der Waals surface area contributed by atoms with Gasteiger partial charge in [-0.1, -0.05) is 12.1 Å². The number of benzene rings is 1. The van der Waals surface area contributed by atoms with Crippen LogP contribution < -0.4 is 10.6 Å². The van der Waals surface area contributed by atoms with E-state index in [1.54, 1.807) is 41.8 Å². The first-order valence-electron chi connectivity index (χ1n) is 8.11. The summed E-state index contributed by atoms with van der Waals surface area (Å²) in [4.78, 5) is 24.3. The molecule has 3 aromatic rings. The number of hydrogen-bond donors (Lipinski definition) is 2. The number of nitrogens with zero attached hydrogens (tertiary/aromatic N) is 1. The maximum atomic E-state index is 12.4. The Labute approximate surface area is 165 Å². The highest BCUT2D eigenvalue weighted by atomic mass is 32.2. The second-order valence-electron chi connectivity index (χ2n) is 5.75. The third-order valence-electron chi connectivity index (χ3n) is 3.68. The Morgan fingerprint density at radius 3 is 2.46 bits per heavy atom. The van der Waals surface area contributed by atoms with Crippen molar-refractivity contribution < 1.29 is 22.4 Å². The highest BCUT2D eigenvalue weighted by Crippen LogP contribution is 2.20. The second-order valence-corrected chi connectivity index (χ2v) is 8.97. The summed E-state index contributed by atoms with van der Waals surface area (Å²) in [5.74, 6) is -0.762. The van der Waals surface area contributed by atoms with E-state index in [0.717, 1.165) is 15.6 Å². The molecule has 2 N–H and O–H groups in total. The van der Waals surface area contributed by atoms with E-state index in [-0.39, 0.29) is 16.5 Å². The van der Waals surface area contributed by atoms with Gasteiger partial charge in [-0.2, -0.15) is 4.31 Å². The van der Waals surface area contributed by atoms with Crippen molar-refractivity contribution in [2.24, 2.45) is 0 Å². The van der Waals surface area contributed by atoms with Gasteiger partial charge in [0.2, 0.25) is 5.91 Å². The summed E-state index contributed by atoms with van der Waals surface area (Å²) in [5.41, 5.74) is 0.878. The van der Waals surface area contributed by atoms with Crippen molar-refractivity contribution in [1.29, 1.82) is 0 Å². The van der Waals surface area contributed by atoms with Crippen molar-refractivity contribution in [2.75, 3.05) is 24.2 Å². The van der Waals surface area contributed by atoms with Crippen LogP contribution in [0.25, 0.3) is 0 Å². The van der Waals surface area contributed by atoms with Crippen molar-refractivity contribution in [3.63, 3.8) is 0 Å². The lowest BCUT2D eigenvalue weighted by Gasteiger charge is -2.16. The number of sulfonamides is 1. The standard InChI is InChI=1S/C18H17N3O5S2/c1-21(28(24,25)17-8-4-10-27-17)12-16(22)19-13-5-2-6-14(11-13)20-18(23)15-7-3-9-26-15/h2-11H,12H2,1H3,(H,19,22)(H,20,23). The first-order chi connectivity index (χ1) is 13.4. The highest BCUT2D eigenvalue weighted by Gasteiger charge is 2.23. The van der Waals surface area contributed by atoms with Crippen LogP contribution in [0, 0.1) is 0 Å². The molecule has 2 amide bonds. The van der Waals surface area contributed by atoms with E-state index in [1.165, 1.54) is 25.4 Å². The zero-order valence-electron chi connectivity index (χ0n) is 14.8. The molecule has 146 valence electrons. The number of carbonyl (C=O) groups excluding carboxylic acids is 2. The van der Waals surface area contributed by atoms with Gasteiger partial charge in [0.25, 0.3) is 15.9 Å². The van der Waals surface area contributed by atoms with Crippen LogP contribution in [0.4, 0.5) is 11.4 Å². The molecule has 2 heterocycles. The van der Waals surface area contributed by atoms with Crippen LogP contribution in [0.2, 0.25) is 0 Å². The van der Waals surface area contributed by atoms with E-state index in [4.69, 9.17) is 4.42 Å². The summed E-state index contributed by atoms with van der Waals surface area (Å²) >= 11 is 1.09. The van der Waals surface area contributed by atoms with Crippen molar-refractivity contribution >= 4 is 44.5 Å². The van der Waals surface area contributed by atoms with Gasteiger partial charge in [-0.15, -0.1) is 11.3 Å². The molecule has 0 radical (unpaired) electrons. The summed E-state index contributed by atoms with van der Waals surface area (Å²) in [5, 5.41) is 6.93. The van der Waals surface area contributed by atoms with Gasteiger partial charge in [0.05, 0.1) is 12.8 Å². The smallest absolute Gasteiger partial charge is 0.291 e. The zero-order valence-corrected chi connectivity index (χ0v) is 16.4. The fraction of sp³-hybridized carbons (Fsp3) is 0.111. The number of nitrogens with one attached hydrogen (secondary N) is 2. The largest absolute Gasteiger partial charge is 0.459 e. The first kappa shape index (κ1) is 19.8. The summed E-state index contributed by atoms with van der Waals surface area (Å²) in [6.45, 7) is -0.344. The number of rotatable bonds is 7. The van der Waals surface area contributed by atoms with Crippen LogP contribution in [0.5, 0.6) is 0 Å². The molecule has 0 atom stereocenters. The summed E-state index contributed by atoms with van der Waals surface area (Å²) in [6.07, 6.45) is 1.40. The predicted molar refractivity (Wildman–Crippen MR) is 106 cm³/mol. The molecule has 1 aromatic carbocycles. The zero-order chi connectivity index (χ0) is 20.1. The molecule has 0 spiro atoms. The van der Waals surface area contributed by atoms with Crippen LogP contribution in [0.15, 0.2) is 68.8 Å². The van der Waals surface area contributed by atoms with Crippen molar-refractivity contribution in [2.45, 2.75) is 4.21 Å². The van der Waals surface area contributed by atoms with Crippen LogP contribution in [0.3, 0.4) is 0 Å². The predicted octanol–water partition coefficient (Wildman–Crippen LogP) is 2.85. The average molecular weight is 419 g/mol. The molecule has 0 unspecified atom stereocenters. The molecule has 0 aliphatic rings. The summed E-state index contributed by atoms with van der Waals surface area (Å²) < 4.78 is 30.9. The van der Waals surface area contributed by atoms with Gasteiger partial charge in [-0.3, -0.25) is 9.59 Å². The Morgan fingerprint density at radius 2 is 1.82 bits per heavy atom. The molecular weight excluding hydrogens is 402 g/mol. The van der Waals surface area contributed by atoms with Crippen LogP contribution >= 0.6 is 11.3 Å². The molecule has 0 saturated heterocycles. The van der Waals surface area contributed by atoms with E-state index < -0.39 is 21.8 Å². The maximum absolute atomic E-state index is 12.4. The van der Waals surface area contributed by atoms with Gasteiger partial charge in [0.1, 0.15) is 4.21 Å². The lowest BCUT2D eigenvalue weighted by atomic mass is 10.2. The molecule has 0 aliphatic heterocycles. The van der Waals surface area contributed by atoms with E-state index in [0.29, 0.717) is 11.4 Å². The minimum absolute atomic E-state index is 0.162. The Hall–Kier alpha value is -2.95. The molecule has 2 aromatic heterocycles. The fourth-order valence-corrected chi connectivity index (χ4v) is 4.65. The molecular formula is C18H17N3O5S2. The normalized spacial score (nSPS) is 11.4. The lowest BCUT2D eigenvalue weighted by molar-refractivity contribution is -0.116. The Kier molecular flexibility index (Phi) is 5.93. The SMILES string of the molecule is CN(CC(=O)Nc1cccc(NC(=O)c2ccco2)c1)S(=O)(=O)c1cccs1. The highest BCUT2D eigenvalue weighted by molar-refractivity contribution is 7.91. The number of thiophene rings is 1. The van der Waals surface area contributed by atoms with Crippen molar-refractivity contribution in [3.05, 3.63) is 65.9 Å². The van der Waals surface area contributed by atoms with Gasteiger partial charge in [-0.05, 0) is 41.8 Å². The van der Waals surface area contributed by atoms with E-state index in [9.17, 15) is 18.0 Å². The van der Waals surface area contributed by atoms with Crippen LogP contribution in [-0.2, 0) is 14.8 Å². The molecule has 3 rings (SSSR count). The van der Waals surface area contributed by atoms with Gasteiger partial charge >= 0.3 is 0 Å². The quantitative estimate of drug-likeness (QED) is 0.612. The number of furan rings is 1. The van der Waals surface area contributed by atoms with Gasteiger partial charge < -0.3 is 15.1 Å². The van der Waals surface area contributed by atoms with Gasteiger partial charge in [-0.25, -0.2) is 8.42 Å². The lowest BCUT2D eigenvalue weighted by Crippen LogP contribution is -2.34. The van der Waals surface area contributed by atoms with Crippen LogP contribution in [-0.4, -0.2) is 38.1 Å². The molecule has 0 bridgehead atoms. The molecule has 8 nitrogen and oxygen atoms in total. The molecule has 28 heavy (non-hydrogen) atoms. The van der Waals surface area contributed by atoms with Crippen molar-refractivity contribution in [3.8, 4) is 0 Å². The maximum Gasteiger partial charge on any atom is 0.291 e. The minimum atomic E-state index is -3.71. The monoisotopic (exact) mass is 419 g/mol. The average Bonchev–Trinajstić information content (AvgIpc) is 3.36. The third kappa shape index (κ3) is 4.66. The number of carbonyl (C=O) groups is 2. The van der Waals surface area contributed by atoms with E-state index >= 15 is 0 Å². The van der Waals surface area contributed by atoms with Crippen molar-refractivity contribution in [1.82, 2.24) is 4.31 Å². The van der Waals surface area contributed by atoms with E-state index in [2.05, 4.69) is 10.6 Å². The third-order valence-corrected chi connectivity index (χ3v) is 6.85. The topological polar surface area (TPSA) is 109 Å². The molecule has 0 aliphatic carbocycles. The van der Waals surface area contributed by atoms with Gasteiger partial charge in [0, 0.05) is 18.4 Å². The second kappa shape index (κ2) is 8.38. The first-order valence-corrected chi connectivity index (χ1v) is 10.4. The summed E-state index contributed by atoms with van der Waals surface area (Å²) in [7, 11) is -2.37. The Morgan fingerprint density at radius 1 is 1.07 bits per heavy atom. The number of hydrogen-bond acceptors (Lipinski definition) is 6. The number of likely N-dealkylation sites (N-methyl/N-ethyl adjacent to an activating group) is 1. The van der Waals surface area contributed by atoms with Crippen LogP contribution in [0.1, 0.15) is 10.6 Å². The van der Waals surface area contributed by atoms with Gasteiger partial charge in [0.15, 0.2) is 5.76 Å². The Balaban J connectivity index is 1.62. The fourth-order valence-electron chi connectivity index (χ4n) is 2.33. The number of anilines is 2. The molecule has 0 saturated carbocycles. The number of amides is 2. The molecule has 0 fully saturated rings.